The average molecular weight is 289 g/mol. The van der Waals surface area contributed by atoms with E-state index < -0.39 is 5.54 Å². The van der Waals surface area contributed by atoms with Gasteiger partial charge >= 0.3 is 0 Å². The van der Waals surface area contributed by atoms with Crippen molar-refractivity contribution in [2.45, 2.75) is 77.2 Å². The molecule has 0 aromatic carbocycles. The second kappa shape index (κ2) is 3.70. The van der Waals surface area contributed by atoms with Crippen LogP contribution in [0.15, 0.2) is 4.52 Å². The van der Waals surface area contributed by atoms with Crippen molar-refractivity contribution < 1.29 is 4.52 Å². The molecule has 4 heteroatoms. The van der Waals surface area contributed by atoms with Gasteiger partial charge in [-0.05, 0) is 69.1 Å². The van der Waals surface area contributed by atoms with E-state index in [1.165, 1.54) is 38.5 Å². The molecule has 0 radical (unpaired) electrons. The zero-order chi connectivity index (χ0) is 15.1. The molecule has 5 rings (SSSR count). The van der Waals surface area contributed by atoms with Gasteiger partial charge < -0.3 is 10.3 Å². The van der Waals surface area contributed by atoms with E-state index in [1.807, 2.05) is 13.8 Å². The second-order valence-corrected chi connectivity index (χ2v) is 9.56. The van der Waals surface area contributed by atoms with Gasteiger partial charge in [0.15, 0.2) is 5.82 Å². The Kier molecular flexibility index (Phi) is 2.42. The quantitative estimate of drug-likeness (QED) is 0.904. The molecule has 1 heterocycles. The zero-order valence-corrected chi connectivity index (χ0v) is 13.7. The third kappa shape index (κ3) is 1.98. The molecule has 1 aromatic heterocycles. The summed E-state index contributed by atoms with van der Waals surface area (Å²) in [5.74, 6) is 2.34. The monoisotopic (exact) mass is 289 g/mol. The van der Waals surface area contributed by atoms with E-state index in [0.717, 1.165) is 11.7 Å². The number of hydrogen-bond acceptors (Lipinski definition) is 4. The molecule has 0 amide bonds. The average Bonchev–Trinajstić information content (AvgIpc) is 2.71. The van der Waals surface area contributed by atoms with Gasteiger partial charge in [0, 0.05) is 5.41 Å². The SMILES string of the molecule is CC12CC3CC(C)(C1)CC(c1noc(C(C)(C)N)n1)(C3)C2. The summed E-state index contributed by atoms with van der Waals surface area (Å²) in [6, 6.07) is 0. The highest BCUT2D eigenvalue weighted by atomic mass is 16.5. The highest BCUT2D eigenvalue weighted by Gasteiger charge is 2.62. The van der Waals surface area contributed by atoms with Crippen LogP contribution in [0.5, 0.6) is 0 Å². The summed E-state index contributed by atoms with van der Waals surface area (Å²) in [6.07, 6.45) is 7.81. The van der Waals surface area contributed by atoms with Gasteiger partial charge in [-0.15, -0.1) is 0 Å². The summed E-state index contributed by atoms with van der Waals surface area (Å²) in [7, 11) is 0. The van der Waals surface area contributed by atoms with E-state index in [0.29, 0.717) is 16.7 Å². The van der Waals surface area contributed by atoms with Gasteiger partial charge in [-0.1, -0.05) is 19.0 Å². The molecule has 4 aliphatic carbocycles. The number of rotatable bonds is 2. The molecule has 2 atom stereocenters. The Morgan fingerprint density at radius 3 is 2.19 bits per heavy atom. The lowest BCUT2D eigenvalue weighted by Gasteiger charge is -2.64. The largest absolute Gasteiger partial charge is 0.337 e. The van der Waals surface area contributed by atoms with Gasteiger partial charge in [0.1, 0.15) is 0 Å². The first kappa shape index (κ1) is 13.7. The van der Waals surface area contributed by atoms with Crippen molar-refractivity contribution in [1.29, 1.82) is 0 Å². The van der Waals surface area contributed by atoms with Gasteiger partial charge in [-0.2, -0.15) is 4.98 Å². The maximum absolute atomic E-state index is 6.12. The third-order valence-corrected chi connectivity index (χ3v) is 6.08. The van der Waals surface area contributed by atoms with Crippen LogP contribution in [0.2, 0.25) is 0 Å². The maximum Gasteiger partial charge on any atom is 0.246 e. The van der Waals surface area contributed by atoms with Gasteiger partial charge in [0.05, 0.1) is 5.54 Å². The summed E-state index contributed by atoms with van der Waals surface area (Å²) in [6.45, 7) is 8.79. The van der Waals surface area contributed by atoms with Crippen LogP contribution in [0.4, 0.5) is 0 Å². The van der Waals surface area contributed by atoms with Gasteiger partial charge in [0.2, 0.25) is 5.89 Å². The van der Waals surface area contributed by atoms with Crippen molar-refractivity contribution in [3.05, 3.63) is 11.7 Å². The second-order valence-electron chi connectivity index (χ2n) is 9.56. The molecule has 0 saturated heterocycles. The Hall–Kier alpha value is -0.900. The normalized spacial score (nSPS) is 45.3. The molecule has 0 spiro atoms. The van der Waals surface area contributed by atoms with E-state index in [2.05, 4.69) is 19.0 Å². The summed E-state index contributed by atoms with van der Waals surface area (Å²) in [5.41, 5.74) is 6.63. The third-order valence-electron chi connectivity index (χ3n) is 6.08. The molecule has 0 aliphatic heterocycles. The van der Waals surface area contributed by atoms with Crippen LogP contribution >= 0.6 is 0 Å². The lowest BCUT2D eigenvalue weighted by Crippen LogP contribution is -2.57. The van der Waals surface area contributed by atoms with Crippen molar-refractivity contribution in [2.24, 2.45) is 22.5 Å². The number of nitrogens with zero attached hydrogens (tertiary/aromatic N) is 2. The Labute approximate surface area is 126 Å². The molecule has 4 saturated carbocycles. The Bertz CT molecular complexity index is 567. The fourth-order valence-electron chi connectivity index (χ4n) is 6.40. The summed E-state index contributed by atoms with van der Waals surface area (Å²) in [5, 5.41) is 4.37. The topological polar surface area (TPSA) is 64.9 Å². The Balaban J connectivity index is 1.76. The molecule has 4 bridgehead atoms. The maximum atomic E-state index is 6.12. The van der Waals surface area contributed by atoms with Crippen LogP contribution < -0.4 is 5.73 Å². The molecule has 1 aromatic rings. The highest BCUT2D eigenvalue weighted by molar-refractivity contribution is 5.21. The van der Waals surface area contributed by atoms with Crippen LogP contribution in [-0.2, 0) is 11.0 Å². The van der Waals surface area contributed by atoms with Crippen LogP contribution in [0.25, 0.3) is 0 Å². The smallest absolute Gasteiger partial charge is 0.246 e. The zero-order valence-electron chi connectivity index (χ0n) is 13.7. The molecule has 2 N–H and O–H groups in total. The molecule has 21 heavy (non-hydrogen) atoms. The van der Waals surface area contributed by atoms with Crippen molar-refractivity contribution in [2.75, 3.05) is 0 Å². The first-order chi connectivity index (χ1) is 9.62. The predicted octanol–water partition coefficient (Wildman–Crippen LogP) is 3.51. The van der Waals surface area contributed by atoms with Crippen molar-refractivity contribution in [3.63, 3.8) is 0 Å². The van der Waals surface area contributed by atoms with E-state index in [9.17, 15) is 0 Å². The molecule has 4 nitrogen and oxygen atoms in total. The summed E-state index contributed by atoms with van der Waals surface area (Å²) < 4.78 is 5.50. The first-order valence-corrected chi connectivity index (χ1v) is 8.25. The molecular weight excluding hydrogens is 262 g/mol. The fourth-order valence-corrected chi connectivity index (χ4v) is 6.40. The van der Waals surface area contributed by atoms with Crippen LogP contribution in [0, 0.1) is 16.7 Å². The van der Waals surface area contributed by atoms with Crippen LogP contribution in [-0.4, -0.2) is 10.1 Å². The molecule has 4 fully saturated rings. The number of aromatic nitrogens is 2. The van der Waals surface area contributed by atoms with E-state index in [-0.39, 0.29) is 5.41 Å². The number of nitrogens with two attached hydrogens (primary N) is 1. The van der Waals surface area contributed by atoms with E-state index in [1.54, 1.807) is 0 Å². The predicted molar refractivity (Wildman–Crippen MR) is 80.6 cm³/mol. The molecule has 116 valence electrons. The van der Waals surface area contributed by atoms with Gasteiger partial charge in [-0.25, -0.2) is 0 Å². The van der Waals surface area contributed by atoms with Crippen molar-refractivity contribution in [3.8, 4) is 0 Å². The summed E-state index contributed by atoms with van der Waals surface area (Å²) >= 11 is 0. The number of hydrogen-bond donors (Lipinski definition) is 1. The minimum atomic E-state index is -0.554. The first-order valence-electron chi connectivity index (χ1n) is 8.25. The van der Waals surface area contributed by atoms with Crippen molar-refractivity contribution >= 4 is 0 Å². The van der Waals surface area contributed by atoms with Crippen LogP contribution in [0.3, 0.4) is 0 Å². The standard InChI is InChI=1S/C17H27N3O/c1-14(2,18)13-19-12(20-21-13)17-7-11-5-15(3,9-17)8-16(4,6-11)10-17/h11H,5-10,18H2,1-4H3. The minimum absolute atomic E-state index is 0.135. The fraction of sp³-hybridized carbons (Fsp3) is 0.882. The van der Waals surface area contributed by atoms with E-state index >= 15 is 0 Å². The van der Waals surface area contributed by atoms with Gasteiger partial charge in [-0.3, -0.25) is 0 Å². The Morgan fingerprint density at radius 1 is 1.10 bits per heavy atom. The Morgan fingerprint density at radius 2 is 1.71 bits per heavy atom. The highest BCUT2D eigenvalue weighted by Crippen LogP contribution is 2.69. The van der Waals surface area contributed by atoms with Gasteiger partial charge in [0.25, 0.3) is 0 Å². The van der Waals surface area contributed by atoms with Crippen molar-refractivity contribution in [1.82, 2.24) is 10.1 Å². The van der Waals surface area contributed by atoms with Crippen LogP contribution in [0.1, 0.15) is 77.9 Å². The minimum Gasteiger partial charge on any atom is -0.337 e. The molecular formula is C17H27N3O. The lowest BCUT2D eigenvalue weighted by atomic mass is 9.40. The van der Waals surface area contributed by atoms with E-state index in [4.69, 9.17) is 15.2 Å². The lowest BCUT2D eigenvalue weighted by molar-refractivity contribution is -0.113. The molecule has 4 aliphatic rings. The molecule has 2 unspecified atom stereocenters. The summed E-state index contributed by atoms with van der Waals surface area (Å²) in [4.78, 5) is 4.73.